The minimum Gasteiger partial charge on any atom is -0.262 e. The lowest BCUT2D eigenvalue weighted by molar-refractivity contribution is 0.887. The fourth-order valence-corrected chi connectivity index (χ4v) is 2.00. The van der Waals surface area contributed by atoms with Crippen LogP contribution in [-0.4, -0.2) is 14.8 Å². The zero-order valence-electron chi connectivity index (χ0n) is 9.88. The molecule has 0 saturated heterocycles. The van der Waals surface area contributed by atoms with Gasteiger partial charge in [0.15, 0.2) is 0 Å². The zero-order chi connectivity index (χ0) is 11.8. The first kappa shape index (κ1) is 10.0. The van der Waals surface area contributed by atoms with E-state index in [1.54, 1.807) is 6.20 Å². The molecule has 84 valence electrons. The van der Waals surface area contributed by atoms with E-state index in [-0.39, 0.29) is 0 Å². The third-order valence-corrected chi connectivity index (χ3v) is 2.95. The van der Waals surface area contributed by atoms with Crippen molar-refractivity contribution in [2.75, 3.05) is 0 Å². The molecule has 0 unspecified atom stereocenters. The molecule has 0 amide bonds. The summed E-state index contributed by atoms with van der Waals surface area (Å²) >= 11 is 0. The van der Waals surface area contributed by atoms with E-state index < -0.39 is 0 Å². The van der Waals surface area contributed by atoms with Crippen molar-refractivity contribution in [1.29, 1.82) is 0 Å². The fraction of sp³-hybridized carbons (Fsp3) is 0.143. The predicted octanol–water partition coefficient (Wildman–Crippen LogP) is 3.04. The maximum absolute atomic E-state index is 4.57. The number of rotatable bonds is 1. The van der Waals surface area contributed by atoms with Crippen molar-refractivity contribution in [1.82, 2.24) is 14.8 Å². The minimum atomic E-state index is 1.03. The number of aromatic nitrogens is 3. The van der Waals surface area contributed by atoms with Crippen molar-refractivity contribution in [3.63, 3.8) is 0 Å². The monoisotopic (exact) mass is 223 g/mol. The van der Waals surface area contributed by atoms with Gasteiger partial charge in [-0.05, 0) is 32.0 Å². The first-order valence-corrected chi connectivity index (χ1v) is 5.62. The van der Waals surface area contributed by atoms with Gasteiger partial charge >= 0.3 is 0 Å². The van der Waals surface area contributed by atoms with Gasteiger partial charge in [-0.1, -0.05) is 17.7 Å². The number of hydrogen-bond donors (Lipinski definition) is 0. The Hall–Kier alpha value is -2.16. The average Bonchev–Trinajstić information content (AvgIpc) is 2.69. The molecular formula is C14H13N3. The minimum absolute atomic E-state index is 1.03. The van der Waals surface area contributed by atoms with Crippen LogP contribution in [0.2, 0.25) is 0 Å². The second-order valence-electron chi connectivity index (χ2n) is 4.23. The molecule has 0 N–H and O–H groups in total. The van der Waals surface area contributed by atoms with Crippen LogP contribution in [0.5, 0.6) is 0 Å². The summed E-state index contributed by atoms with van der Waals surface area (Å²) in [5, 5.41) is 5.72. The maximum Gasteiger partial charge on any atom is 0.0927 e. The molecule has 0 aliphatic rings. The summed E-state index contributed by atoms with van der Waals surface area (Å²) in [6.07, 6.45) is 3.66. The number of fused-ring (bicyclic) bond motifs is 1. The Labute approximate surface area is 99.7 Å². The lowest BCUT2D eigenvalue weighted by Crippen LogP contribution is -1.96. The molecule has 3 nitrogen and oxygen atoms in total. The Bertz CT molecular complexity index is 666. The van der Waals surface area contributed by atoms with Crippen LogP contribution < -0.4 is 0 Å². The predicted molar refractivity (Wildman–Crippen MR) is 68.3 cm³/mol. The molecule has 0 atom stereocenters. The highest BCUT2D eigenvalue weighted by Gasteiger charge is 2.07. The van der Waals surface area contributed by atoms with E-state index in [1.165, 1.54) is 5.56 Å². The molecular weight excluding hydrogens is 210 g/mol. The standard InChI is InChI=1S/C14H13N3/c1-10-3-5-12(6-4-10)17-14-9-15-8-7-13(14)11(2)16-17/h3-9H,1-2H3. The van der Waals surface area contributed by atoms with Gasteiger partial charge in [0.1, 0.15) is 0 Å². The second-order valence-corrected chi connectivity index (χ2v) is 4.23. The molecule has 0 aliphatic carbocycles. The topological polar surface area (TPSA) is 30.7 Å². The van der Waals surface area contributed by atoms with Gasteiger partial charge in [0.05, 0.1) is 23.1 Å². The van der Waals surface area contributed by atoms with Crippen molar-refractivity contribution >= 4 is 10.9 Å². The van der Waals surface area contributed by atoms with Gasteiger partial charge in [0.2, 0.25) is 0 Å². The average molecular weight is 223 g/mol. The SMILES string of the molecule is Cc1ccc(-n2nc(C)c3ccncc32)cc1. The first-order chi connectivity index (χ1) is 8.25. The molecule has 0 saturated carbocycles. The Morgan fingerprint density at radius 2 is 1.76 bits per heavy atom. The first-order valence-electron chi connectivity index (χ1n) is 5.62. The van der Waals surface area contributed by atoms with E-state index in [1.807, 2.05) is 23.9 Å². The summed E-state index contributed by atoms with van der Waals surface area (Å²) in [5.74, 6) is 0. The number of hydrogen-bond acceptors (Lipinski definition) is 2. The number of pyridine rings is 1. The van der Waals surface area contributed by atoms with Gasteiger partial charge in [0, 0.05) is 11.6 Å². The molecule has 0 radical (unpaired) electrons. The van der Waals surface area contributed by atoms with Crippen LogP contribution in [0.3, 0.4) is 0 Å². The highest BCUT2D eigenvalue weighted by molar-refractivity contribution is 5.82. The Balaban J connectivity index is 2.27. The van der Waals surface area contributed by atoms with Crippen molar-refractivity contribution in [3.05, 3.63) is 54.0 Å². The molecule has 1 aromatic carbocycles. The summed E-state index contributed by atoms with van der Waals surface area (Å²) in [5.41, 5.74) is 4.40. The molecule has 2 heterocycles. The molecule has 3 aromatic rings. The van der Waals surface area contributed by atoms with Crippen LogP contribution in [0, 0.1) is 13.8 Å². The highest BCUT2D eigenvalue weighted by Crippen LogP contribution is 2.20. The van der Waals surface area contributed by atoms with Crippen LogP contribution in [0.15, 0.2) is 42.7 Å². The lowest BCUT2D eigenvalue weighted by atomic mass is 10.2. The van der Waals surface area contributed by atoms with Crippen LogP contribution >= 0.6 is 0 Å². The highest BCUT2D eigenvalue weighted by atomic mass is 15.3. The molecule has 3 heteroatoms. The number of nitrogens with zero attached hydrogens (tertiary/aromatic N) is 3. The molecule has 0 bridgehead atoms. The normalized spacial score (nSPS) is 10.9. The largest absolute Gasteiger partial charge is 0.262 e. The summed E-state index contributed by atoms with van der Waals surface area (Å²) in [4.78, 5) is 4.17. The molecule has 17 heavy (non-hydrogen) atoms. The van der Waals surface area contributed by atoms with Crippen molar-refractivity contribution in [2.45, 2.75) is 13.8 Å². The van der Waals surface area contributed by atoms with Gasteiger partial charge in [0.25, 0.3) is 0 Å². The second kappa shape index (κ2) is 3.70. The van der Waals surface area contributed by atoms with E-state index in [2.05, 4.69) is 41.3 Å². The van der Waals surface area contributed by atoms with Gasteiger partial charge in [-0.3, -0.25) is 4.98 Å². The van der Waals surface area contributed by atoms with Crippen LogP contribution in [0.25, 0.3) is 16.6 Å². The third-order valence-electron chi connectivity index (χ3n) is 2.95. The summed E-state index contributed by atoms with van der Waals surface area (Å²) in [6.45, 7) is 4.10. The van der Waals surface area contributed by atoms with Crippen molar-refractivity contribution < 1.29 is 0 Å². The summed E-state index contributed by atoms with van der Waals surface area (Å²) < 4.78 is 1.94. The Kier molecular flexibility index (Phi) is 2.18. The maximum atomic E-state index is 4.57. The quantitative estimate of drug-likeness (QED) is 0.634. The van der Waals surface area contributed by atoms with Crippen LogP contribution in [0.4, 0.5) is 0 Å². The molecule has 2 aromatic heterocycles. The van der Waals surface area contributed by atoms with Gasteiger partial charge < -0.3 is 0 Å². The van der Waals surface area contributed by atoms with E-state index in [9.17, 15) is 0 Å². The fourth-order valence-electron chi connectivity index (χ4n) is 2.00. The smallest absolute Gasteiger partial charge is 0.0927 e. The molecule has 0 fully saturated rings. The zero-order valence-corrected chi connectivity index (χ0v) is 9.88. The summed E-state index contributed by atoms with van der Waals surface area (Å²) in [6, 6.07) is 10.3. The Morgan fingerprint density at radius 1 is 1.00 bits per heavy atom. The van der Waals surface area contributed by atoms with Gasteiger partial charge in [-0.25, -0.2) is 4.68 Å². The third kappa shape index (κ3) is 1.60. The number of benzene rings is 1. The molecule has 0 spiro atoms. The van der Waals surface area contributed by atoms with E-state index in [0.29, 0.717) is 0 Å². The number of aryl methyl sites for hydroxylation is 2. The Morgan fingerprint density at radius 3 is 2.53 bits per heavy atom. The van der Waals surface area contributed by atoms with Gasteiger partial charge in [-0.15, -0.1) is 0 Å². The molecule has 0 aliphatic heterocycles. The van der Waals surface area contributed by atoms with Crippen molar-refractivity contribution in [2.24, 2.45) is 0 Å². The lowest BCUT2D eigenvalue weighted by Gasteiger charge is -2.03. The van der Waals surface area contributed by atoms with Crippen LogP contribution in [-0.2, 0) is 0 Å². The van der Waals surface area contributed by atoms with E-state index in [4.69, 9.17) is 0 Å². The van der Waals surface area contributed by atoms with Crippen LogP contribution in [0.1, 0.15) is 11.3 Å². The van der Waals surface area contributed by atoms with E-state index >= 15 is 0 Å². The van der Waals surface area contributed by atoms with E-state index in [0.717, 1.165) is 22.3 Å². The van der Waals surface area contributed by atoms with Crippen molar-refractivity contribution in [3.8, 4) is 5.69 Å². The molecule has 3 rings (SSSR count). The van der Waals surface area contributed by atoms with Gasteiger partial charge in [-0.2, -0.15) is 5.10 Å². The summed E-state index contributed by atoms with van der Waals surface area (Å²) in [7, 11) is 0.